The predicted molar refractivity (Wildman–Crippen MR) is 119 cm³/mol. The second-order valence-electron chi connectivity index (χ2n) is 7.77. The third-order valence-corrected chi connectivity index (χ3v) is 6.44. The van der Waals surface area contributed by atoms with Crippen molar-refractivity contribution in [3.05, 3.63) is 65.7 Å². The van der Waals surface area contributed by atoms with Crippen LogP contribution in [0.3, 0.4) is 0 Å². The Bertz CT molecular complexity index is 801. The molecule has 0 radical (unpaired) electrons. The highest BCUT2D eigenvalue weighted by molar-refractivity contribution is 8.00. The Morgan fingerprint density at radius 3 is 2.38 bits per heavy atom. The Labute approximate surface area is 178 Å². The van der Waals surface area contributed by atoms with Gasteiger partial charge in [0.15, 0.2) is 0 Å². The molecule has 0 spiro atoms. The van der Waals surface area contributed by atoms with E-state index < -0.39 is 6.04 Å². The lowest BCUT2D eigenvalue weighted by Crippen LogP contribution is -2.50. The van der Waals surface area contributed by atoms with Crippen LogP contribution in [0.15, 0.2) is 59.5 Å². The van der Waals surface area contributed by atoms with Crippen molar-refractivity contribution < 1.29 is 9.59 Å². The fraction of sp³-hybridized carbons (Fsp3) is 0.417. The fourth-order valence-corrected chi connectivity index (χ4v) is 4.40. The quantitative estimate of drug-likeness (QED) is 0.649. The van der Waals surface area contributed by atoms with Crippen molar-refractivity contribution in [3.8, 4) is 0 Å². The maximum Gasteiger partial charge on any atom is 0.242 e. The summed E-state index contributed by atoms with van der Waals surface area (Å²) in [5, 5.41) is 3.14. The molecule has 0 bridgehead atoms. The lowest BCUT2D eigenvalue weighted by molar-refractivity contribution is -0.138. The van der Waals surface area contributed by atoms with Gasteiger partial charge in [-0.2, -0.15) is 0 Å². The van der Waals surface area contributed by atoms with Crippen molar-refractivity contribution in [1.82, 2.24) is 10.2 Å². The summed E-state index contributed by atoms with van der Waals surface area (Å²) in [5.41, 5.74) is 2.23. The van der Waals surface area contributed by atoms with Crippen LogP contribution in [0.5, 0.6) is 0 Å². The number of rotatable bonds is 8. The minimum atomic E-state index is -0.498. The summed E-state index contributed by atoms with van der Waals surface area (Å²) in [6.07, 6.45) is 4.40. The van der Waals surface area contributed by atoms with E-state index in [1.807, 2.05) is 68.4 Å². The van der Waals surface area contributed by atoms with Gasteiger partial charge in [0.1, 0.15) is 6.04 Å². The number of carbonyl (C=O) groups is 2. The van der Waals surface area contributed by atoms with Crippen LogP contribution in [-0.4, -0.2) is 34.6 Å². The van der Waals surface area contributed by atoms with Crippen molar-refractivity contribution in [2.75, 3.05) is 5.75 Å². The van der Waals surface area contributed by atoms with E-state index in [-0.39, 0.29) is 17.9 Å². The molecular weight excluding hydrogens is 380 g/mol. The average Bonchev–Trinajstić information content (AvgIpc) is 3.24. The van der Waals surface area contributed by atoms with Crippen molar-refractivity contribution >= 4 is 23.6 Å². The van der Waals surface area contributed by atoms with Gasteiger partial charge in [0.05, 0.1) is 5.75 Å². The molecule has 1 aliphatic carbocycles. The van der Waals surface area contributed by atoms with E-state index in [0.29, 0.717) is 12.3 Å². The molecule has 2 aromatic rings. The number of benzene rings is 2. The van der Waals surface area contributed by atoms with Gasteiger partial charge in [-0.15, -0.1) is 11.8 Å². The Kier molecular flexibility index (Phi) is 7.76. The first-order chi connectivity index (χ1) is 14.0. The summed E-state index contributed by atoms with van der Waals surface area (Å²) < 4.78 is 0. The molecule has 0 aromatic heterocycles. The smallest absolute Gasteiger partial charge is 0.242 e. The first-order valence-electron chi connectivity index (χ1n) is 10.4. The Morgan fingerprint density at radius 2 is 1.72 bits per heavy atom. The van der Waals surface area contributed by atoms with Crippen LogP contribution in [0.25, 0.3) is 0 Å². The average molecular weight is 411 g/mol. The van der Waals surface area contributed by atoms with Gasteiger partial charge < -0.3 is 10.2 Å². The zero-order valence-corrected chi connectivity index (χ0v) is 18.1. The number of amides is 2. The van der Waals surface area contributed by atoms with Crippen LogP contribution in [0.1, 0.15) is 43.7 Å². The van der Waals surface area contributed by atoms with E-state index in [9.17, 15) is 9.59 Å². The molecule has 1 atom stereocenters. The van der Waals surface area contributed by atoms with E-state index in [0.717, 1.165) is 23.3 Å². The van der Waals surface area contributed by atoms with Crippen molar-refractivity contribution in [2.24, 2.45) is 0 Å². The lowest BCUT2D eigenvalue weighted by Gasteiger charge is -2.29. The van der Waals surface area contributed by atoms with Gasteiger partial charge in [0.25, 0.3) is 0 Å². The van der Waals surface area contributed by atoms with E-state index in [1.54, 1.807) is 4.90 Å². The zero-order chi connectivity index (χ0) is 20.6. The van der Waals surface area contributed by atoms with Gasteiger partial charge in [-0.25, -0.2) is 0 Å². The molecule has 2 amide bonds. The second-order valence-corrected chi connectivity index (χ2v) is 8.82. The number of nitrogens with zero attached hydrogens (tertiary/aromatic N) is 1. The van der Waals surface area contributed by atoms with Crippen LogP contribution >= 0.6 is 11.8 Å². The second kappa shape index (κ2) is 10.5. The summed E-state index contributed by atoms with van der Waals surface area (Å²) in [7, 11) is 0. The maximum atomic E-state index is 13.1. The molecule has 0 aliphatic heterocycles. The van der Waals surface area contributed by atoms with E-state index in [1.165, 1.54) is 30.2 Å². The normalized spacial score (nSPS) is 15.1. The maximum absolute atomic E-state index is 13.1. The number of hydrogen-bond donors (Lipinski definition) is 1. The summed E-state index contributed by atoms with van der Waals surface area (Å²) in [5.74, 6) is 0.242. The van der Waals surface area contributed by atoms with Gasteiger partial charge in [-0.05, 0) is 44.4 Å². The third kappa shape index (κ3) is 6.36. The van der Waals surface area contributed by atoms with Crippen molar-refractivity contribution in [1.29, 1.82) is 0 Å². The molecule has 1 saturated carbocycles. The molecule has 0 saturated heterocycles. The zero-order valence-electron chi connectivity index (χ0n) is 17.3. The Hall–Kier alpha value is -2.27. The van der Waals surface area contributed by atoms with Gasteiger partial charge in [0, 0.05) is 17.5 Å². The first-order valence-corrected chi connectivity index (χ1v) is 11.3. The molecule has 1 unspecified atom stereocenters. The van der Waals surface area contributed by atoms with E-state index in [4.69, 9.17) is 0 Å². The topological polar surface area (TPSA) is 49.4 Å². The van der Waals surface area contributed by atoms with Crippen molar-refractivity contribution in [3.63, 3.8) is 0 Å². The van der Waals surface area contributed by atoms with Gasteiger partial charge in [-0.1, -0.05) is 60.9 Å². The van der Waals surface area contributed by atoms with Gasteiger partial charge in [0.2, 0.25) is 11.8 Å². The van der Waals surface area contributed by atoms with Crippen LogP contribution in [-0.2, 0) is 16.1 Å². The number of thioether (sulfide) groups is 1. The summed E-state index contributed by atoms with van der Waals surface area (Å²) >= 11 is 1.52. The van der Waals surface area contributed by atoms with E-state index >= 15 is 0 Å². The predicted octanol–water partition coefficient (Wildman–Crippen LogP) is 4.56. The molecule has 4 nitrogen and oxygen atoms in total. The minimum absolute atomic E-state index is 0.0199. The number of carbonyl (C=O) groups excluding carboxylic acids is 2. The molecule has 154 valence electrons. The largest absolute Gasteiger partial charge is 0.352 e. The minimum Gasteiger partial charge on any atom is -0.352 e. The summed E-state index contributed by atoms with van der Waals surface area (Å²) in [6.45, 7) is 4.32. The fourth-order valence-electron chi connectivity index (χ4n) is 3.62. The van der Waals surface area contributed by atoms with Crippen LogP contribution in [0.4, 0.5) is 0 Å². The molecule has 29 heavy (non-hydrogen) atoms. The summed E-state index contributed by atoms with van der Waals surface area (Å²) in [4.78, 5) is 28.7. The Morgan fingerprint density at radius 1 is 1.07 bits per heavy atom. The van der Waals surface area contributed by atoms with Crippen molar-refractivity contribution in [2.45, 2.75) is 63.1 Å². The third-order valence-electron chi connectivity index (χ3n) is 5.45. The van der Waals surface area contributed by atoms with Crippen LogP contribution in [0.2, 0.25) is 0 Å². The molecule has 3 rings (SSSR count). The highest BCUT2D eigenvalue weighted by Gasteiger charge is 2.28. The molecule has 1 N–H and O–H groups in total. The first kappa shape index (κ1) is 21.4. The molecular formula is C24H30N2O2S. The van der Waals surface area contributed by atoms with Gasteiger partial charge >= 0.3 is 0 Å². The number of hydrogen-bond acceptors (Lipinski definition) is 3. The van der Waals surface area contributed by atoms with E-state index in [2.05, 4.69) is 5.32 Å². The molecule has 2 aromatic carbocycles. The Balaban J connectivity index is 1.67. The number of nitrogens with one attached hydrogen (secondary N) is 1. The molecule has 1 aliphatic rings. The molecule has 5 heteroatoms. The van der Waals surface area contributed by atoms with Crippen LogP contribution < -0.4 is 5.32 Å². The van der Waals surface area contributed by atoms with Crippen LogP contribution in [0, 0.1) is 6.92 Å². The van der Waals surface area contributed by atoms with Gasteiger partial charge in [-0.3, -0.25) is 9.59 Å². The highest BCUT2D eigenvalue weighted by atomic mass is 32.2. The standard InChI is InChI=1S/C24H30N2O2S/c1-18-12-14-22(15-13-18)29-17-23(27)26(16-20-8-4-3-5-9-20)19(2)24(28)25-21-10-6-7-11-21/h3-5,8-9,12-15,19,21H,6-7,10-11,16-17H2,1-2H3,(H,25,28). The highest BCUT2D eigenvalue weighted by Crippen LogP contribution is 2.21. The number of aryl methyl sites for hydroxylation is 1. The SMILES string of the molecule is Cc1ccc(SCC(=O)N(Cc2ccccc2)C(C)C(=O)NC2CCCC2)cc1. The molecule has 0 heterocycles. The summed E-state index contributed by atoms with van der Waals surface area (Å²) in [6, 6.07) is 17.8. The lowest BCUT2D eigenvalue weighted by atomic mass is 10.1. The molecule has 1 fully saturated rings. The monoisotopic (exact) mass is 410 g/mol.